The highest BCUT2D eigenvalue weighted by Crippen LogP contribution is 2.15. The van der Waals surface area contributed by atoms with Gasteiger partial charge in [0.15, 0.2) is 4.96 Å². The molecule has 0 saturated carbocycles. The summed E-state index contributed by atoms with van der Waals surface area (Å²) in [5.74, 6) is -0.0764. The molecule has 0 fully saturated rings. The number of fused-ring (bicyclic) bond motifs is 1. The maximum absolute atomic E-state index is 12.2. The number of benzene rings is 1. The second-order valence-corrected chi connectivity index (χ2v) is 6.10. The van der Waals surface area contributed by atoms with Crippen LogP contribution in [0.15, 0.2) is 42.0 Å². The Bertz CT molecular complexity index is 758. The third-order valence-electron chi connectivity index (χ3n) is 3.83. The molecule has 0 unspecified atom stereocenters. The molecule has 0 aliphatic carbocycles. The lowest BCUT2D eigenvalue weighted by Crippen LogP contribution is -2.24. The van der Waals surface area contributed by atoms with Crippen LogP contribution in [-0.4, -0.2) is 28.4 Å². The van der Waals surface area contributed by atoms with Crippen LogP contribution < -0.4 is 10.2 Å². The summed E-state index contributed by atoms with van der Waals surface area (Å²) < 4.78 is 1.96. The van der Waals surface area contributed by atoms with Crippen LogP contribution in [0, 0.1) is 0 Å². The molecule has 0 radical (unpaired) electrons. The first-order valence-corrected chi connectivity index (χ1v) is 8.63. The summed E-state index contributed by atoms with van der Waals surface area (Å²) in [5.41, 5.74) is 2.67. The molecule has 6 heteroatoms. The number of nitrogens with one attached hydrogen (secondary N) is 1. The molecule has 0 bridgehead atoms. The number of carbonyl (C=O) groups excluding carboxylic acids is 1. The first kappa shape index (κ1) is 15.6. The molecule has 3 rings (SSSR count). The minimum absolute atomic E-state index is 0.0764. The van der Waals surface area contributed by atoms with E-state index in [2.05, 4.69) is 29.0 Å². The second-order valence-electron chi connectivity index (χ2n) is 5.23. The molecule has 5 nitrogen and oxygen atoms in total. The van der Waals surface area contributed by atoms with Crippen LogP contribution in [-0.2, 0) is 6.54 Å². The molecule has 23 heavy (non-hydrogen) atoms. The van der Waals surface area contributed by atoms with Crippen LogP contribution in [0.25, 0.3) is 4.96 Å². The Morgan fingerprint density at radius 3 is 2.65 bits per heavy atom. The lowest BCUT2D eigenvalue weighted by molar-refractivity contribution is 0.0950. The fourth-order valence-corrected chi connectivity index (χ4v) is 3.27. The summed E-state index contributed by atoms with van der Waals surface area (Å²) >= 11 is 1.58. The van der Waals surface area contributed by atoms with Crippen LogP contribution in [0.4, 0.5) is 5.69 Å². The highest BCUT2D eigenvalue weighted by molar-refractivity contribution is 7.15. The van der Waals surface area contributed by atoms with Gasteiger partial charge in [-0.25, -0.2) is 4.98 Å². The van der Waals surface area contributed by atoms with Gasteiger partial charge in [0.1, 0.15) is 0 Å². The zero-order valence-corrected chi connectivity index (χ0v) is 14.1. The molecule has 1 amide bonds. The highest BCUT2D eigenvalue weighted by Gasteiger charge is 2.09. The third-order valence-corrected chi connectivity index (χ3v) is 4.60. The number of nitrogens with zero attached hydrogens (tertiary/aromatic N) is 3. The summed E-state index contributed by atoms with van der Waals surface area (Å²) in [7, 11) is 0. The molecule has 0 spiro atoms. The number of anilines is 1. The van der Waals surface area contributed by atoms with Crippen LogP contribution in [0.1, 0.15) is 29.9 Å². The Balaban J connectivity index is 1.62. The lowest BCUT2D eigenvalue weighted by atomic mass is 10.2. The number of aromatic nitrogens is 2. The minimum atomic E-state index is -0.0764. The van der Waals surface area contributed by atoms with Crippen molar-refractivity contribution in [1.82, 2.24) is 14.7 Å². The highest BCUT2D eigenvalue weighted by atomic mass is 32.1. The Morgan fingerprint density at radius 1 is 1.26 bits per heavy atom. The van der Waals surface area contributed by atoms with Crippen LogP contribution >= 0.6 is 11.3 Å². The van der Waals surface area contributed by atoms with E-state index in [0.29, 0.717) is 12.1 Å². The van der Waals surface area contributed by atoms with E-state index in [1.54, 1.807) is 11.3 Å². The van der Waals surface area contributed by atoms with Gasteiger partial charge in [-0.15, -0.1) is 11.3 Å². The summed E-state index contributed by atoms with van der Waals surface area (Å²) in [6, 6.07) is 7.73. The quantitative estimate of drug-likeness (QED) is 0.756. The molecule has 1 aromatic carbocycles. The van der Waals surface area contributed by atoms with E-state index in [1.807, 2.05) is 46.4 Å². The second kappa shape index (κ2) is 6.83. The monoisotopic (exact) mass is 328 g/mol. The first-order valence-electron chi connectivity index (χ1n) is 7.75. The van der Waals surface area contributed by atoms with Gasteiger partial charge in [-0.1, -0.05) is 0 Å². The molecular formula is C17H20N4OS. The first-order chi connectivity index (χ1) is 11.2. The van der Waals surface area contributed by atoms with Crippen molar-refractivity contribution in [3.05, 3.63) is 53.3 Å². The van der Waals surface area contributed by atoms with Gasteiger partial charge in [-0.3, -0.25) is 9.20 Å². The van der Waals surface area contributed by atoms with E-state index in [4.69, 9.17) is 0 Å². The van der Waals surface area contributed by atoms with Gasteiger partial charge in [-0.2, -0.15) is 0 Å². The van der Waals surface area contributed by atoms with Gasteiger partial charge >= 0.3 is 0 Å². The van der Waals surface area contributed by atoms with Crippen molar-refractivity contribution in [3.63, 3.8) is 0 Å². The average molecular weight is 328 g/mol. The van der Waals surface area contributed by atoms with E-state index in [-0.39, 0.29) is 5.91 Å². The summed E-state index contributed by atoms with van der Waals surface area (Å²) in [5, 5.41) is 4.91. The summed E-state index contributed by atoms with van der Waals surface area (Å²) in [4.78, 5) is 19.9. The Labute approximate surface area is 139 Å². The number of rotatable bonds is 6. The van der Waals surface area contributed by atoms with Crippen molar-refractivity contribution < 1.29 is 4.79 Å². The van der Waals surface area contributed by atoms with Crippen molar-refractivity contribution in [2.24, 2.45) is 0 Å². The Kier molecular flexibility index (Phi) is 4.62. The molecule has 0 aliphatic rings. The number of amides is 1. The zero-order valence-electron chi connectivity index (χ0n) is 13.3. The van der Waals surface area contributed by atoms with Crippen LogP contribution in [0.3, 0.4) is 0 Å². The van der Waals surface area contributed by atoms with Gasteiger partial charge in [0.05, 0.1) is 12.2 Å². The van der Waals surface area contributed by atoms with Crippen molar-refractivity contribution in [3.8, 4) is 0 Å². The number of carbonyl (C=O) groups is 1. The van der Waals surface area contributed by atoms with Gasteiger partial charge in [0, 0.05) is 42.1 Å². The van der Waals surface area contributed by atoms with E-state index in [9.17, 15) is 4.79 Å². The number of imidazole rings is 1. The maximum atomic E-state index is 12.2. The Morgan fingerprint density at radius 2 is 2.00 bits per heavy atom. The van der Waals surface area contributed by atoms with Crippen LogP contribution in [0.5, 0.6) is 0 Å². The number of thiazole rings is 1. The zero-order chi connectivity index (χ0) is 16.2. The van der Waals surface area contributed by atoms with Gasteiger partial charge < -0.3 is 10.2 Å². The lowest BCUT2D eigenvalue weighted by Gasteiger charge is -2.21. The molecule has 2 heterocycles. The molecule has 0 saturated heterocycles. The minimum Gasteiger partial charge on any atom is -0.372 e. The van der Waals surface area contributed by atoms with Crippen molar-refractivity contribution in [2.75, 3.05) is 18.0 Å². The van der Waals surface area contributed by atoms with Gasteiger partial charge in [0.2, 0.25) is 0 Å². The smallest absolute Gasteiger partial charge is 0.251 e. The fraction of sp³-hybridized carbons (Fsp3) is 0.294. The topological polar surface area (TPSA) is 49.6 Å². The predicted molar refractivity (Wildman–Crippen MR) is 94.2 cm³/mol. The molecule has 1 N–H and O–H groups in total. The van der Waals surface area contributed by atoms with Crippen LogP contribution in [0.2, 0.25) is 0 Å². The molecule has 2 aromatic heterocycles. The van der Waals surface area contributed by atoms with E-state index in [1.165, 1.54) is 0 Å². The van der Waals surface area contributed by atoms with Crippen molar-refractivity contribution in [1.29, 1.82) is 0 Å². The standard InChI is InChI=1S/C17H20N4OS/c1-3-20(4-2)15-7-5-13(6-8-15)16(22)18-11-14-12-21-9-10-23-17(21)19-14/h5-10,12H,3-4,11H2,1-2H3,(H,18,22). The molecular weight excluding hydrogens is 308 g/mol. The van der Waals surface area contributed by atoms with Crippen molar-refractivity contribution in [2.45, 2.75) is 20.4 Å². The van der Waals surface area contributed by atoms with E-state index >= 15 is 0 Å². The third kappa shape index (κ3) is 3.37. The summed E-state index contributed by atoms with van der Waals surface area (Å²) in [6.45, 7) is 6.60. The summed E-state index contributed by atoms with van der Waals surface area (Å²) in [6.07, 6.45) is 3.90. The number of hydrogen-bond acceptors (Lipinski definition) is 4. The van der Waals surface area contributed by atoms with E-state index < -0.39 is 0 Å². The fourth-order valence-electron chi connectivity index (χ4n) is 2.55. The molecule has 3 aromatic rings. The average Bonchev–Trinajstić information content (AvgIpc) is 3.16. The number of hydrogen-bond donors (Lipinski definition) is 1. The van der Waals surface area contributed by atoms with Gasteiger partial charge in [-0.05, 0) is 38.1 Å². The van der Waals surface area contributed by atoms with E-state index in [0.717, 1.165) is 29.4 Å². The van der Waals surface area contributed by atoms with Crippen molar-refractivity contribution >= 4 is 27.9 Å². The molecule has 0 atom stereocenters. The normalized spacial score (nSPS) is 10.9. The Hall–Kier alpha value is -2.34. The largest absolute Gasteiger partial charge is 0.372 e. The maximum Gasteiger partial charge on any atom is 0.251 e. The molecule has 0 aliphatic heterocycles. The van der Waals surface area contributed by atoms with Gasteiger partial charge in [0.25, 0.3) is 5.91 Å². The molecule has 120 valence electrons. The predicted octanol–water partition coefficient (Wildman–Crippen LogP) is 3.17. The SMILES string of the molecule is CCN(CC)c1ccc(C(=O)NCc2cn3ccsc3n2)cc1.